The van der Waals surface area contributed by atoms with Gasteiger partial charge in [-0.15, -0.1) is 0 Å². The number of hydrogen-bond donors (Lipinski definition) is 2. The summed E-state index contributed by atoms with van der Waals surface area (Å²) in [6.45, 7) is 2.27. The van der Waals surface area contributed by atoms with Crippen LogP contribution in [0, 0.1) is 0 Å². The lowest BCUT2D eigenvalue weighted by Gasteiger charge is -2.10. The Balaban J connectivity index is 2.06. The molecule has 94 valence electrons. The lowest BCUT2D eigenvalue weighted by Crippen LogP contribution is -2.35. The maximum atomic E-state index is 10.7. The van der Waals surface area contributed by atoms with Gasteiger partial charge < -0.3 is 10.4 Å². The molecule has 2 aromatic rings. The van der Waals surface area contributed by atoms with E-state index in [4.69, 9.17) is 5.11 Å². The van der Waals surface area contributed by atoms with E-state index in [1.54, 1.807) is 13.1 Å². The Hall–Kier alpha value is -1.94. The number of benzene rings is 1. The third-order valence-electron chi connectivity index (χ3n) is 2.93. The minimum atomic E-state index is -0.828. The second kappa shape index (κ2) is 5.60. The molecule has 0 aliphatic carbocycles. The molecule has 4 heteroatoms. The molecule has 2 N–H and O–H groups in total. The zero-order valence-corrected chi connectivity index (χ0v) is 10.3. The molecule has 0 bridgehead atoms. The summed E-state index contributed by atoms with van der Waals surface area (Å²) in [6, 6.07) is 9.48. The van der Waals surface area contributed by atoms with Gasteiger partial charge in [-0.2, -0.15) is 0 Å². The van der Waals surface area contributed by atoms with E-state index < -0.39 is 12.0 Å². The Bertz CT molecular complexity index is 549. The number of carboxylic acid groups (broad SMARTS) is 1. The molecule has 1 atom stereocenters. The summed E-state index contributed by atoms with van der Waals surface area (Å²) in [4.78, 5) is 15.0. The molecular weight excluding hydrogens is 228 g/mol. The first-order valence-corrected chi connectivity index (χ1v) is 5.97. The smallest absolute Gasteiger partial charge is 0.320 e. The summed E-state index contributed by atoms with van der Waals surface area (Å²) < 4.78 is 0. The van der Waals surface area contributed by atoms with Crippen molar-refractivity contribution in [3.8, 4) is 0 Å². The Morgan fingerprint density at radius 1 is 1.39 bits per heavy atom. The van der Waals surface area contributed by atoms with Crippen LogP contribution in [0.4, 0.5) is 0 Å². The van der Waals surface area contributed by atoms with Crippen molar-refractivity contribution in [3.63, 3.8) is 0 Å². The van der Waals surface area contributed by atoms with Crippen molar-refractivity contribution in [3.05, 3.63) is 42.1 Å². The van der Waals surface area contributed by atoms with Crippen LogP contribution >= 0.6 is 0 Å². The normalized spacial score (nSPS) is 12.5. The number of rotatable bonds is 5. The molecule has 0 saturated heterocycles. The average molecular weight is 244 g/mol. The van der Waals surface area contributed by atoms with Crippen LogP contribution in [-0.2, 0) is 11.2 Å². The highest BCUT2D eigenvalue weighted by molar-refractivity contribution is 5.81. The predicted octanol–water partition coefficient (Wildman–Crippen LogP) is 1.84. The van der Waals surface area contributed by atoms with Gasteiger partial charge in [0.1, 0.15) is 6.04 Å². The van der Waals surface area contributed by atoms with Crippen LogP contribution in [-0.4, -0.2) is 28.6 Å². The molecule has 0 fully saturated rings. The third-order valence-corrected chi connectivity index (χ3v) is 2.93. The molecule has 1 aromatic heterocycles. The molecule has 0 radical (unpaired) electrons. The molecule has 2 rings (SSSR count). The first-order chi connectivity index (χ1) is 8.68. The topological polar surface area (TPSA) is 62.2 Å². The fourth-order valence-electron chi connectivity index (χ4n) is 1.88. The zero-order chi connectivity index (χ0) is 13.0. The maximum Gasteiger partial charge on any atom is 0.320 e. The lowest BCUT2D eigenvalue weighted by atomic mass is 10.1. The van der Waals surface area contributed by atoms with E-state index in [2.05, 4.69) is 10.3 Å². The van der Waals surface area contributed by atoms with Crippen LogP contribution in [0.2, 0.25) is 0 Å². The van der Waals surface area contributed by atoms with Crippen LogP contribution in [0.5, 0.6) is 0 Å². The van der Waals surface area contributed by atoms with Gasteiger partial charge in [0, 0.05) is 18.1 Å². The Morgan fingerprint density at radius 2 is 2.17 bits per heavy atom. The molecule has 1 heterocycles. The van der Waals surface area contributed by atoms with E-state index >= 15 is 0 Å². The van der Waals surface area contributed by atoms with E-state index in [1.165, 1.54) is 0 Å². The molecule has 18 heavy (non-hydrogen) atoms. The highest BCUT2D eigenvalue weighted by atomic mass is 16.4. The standard InChI is InChI=1S/C14H16N2O2/c1-10(14(17)18)15-9-7-12-5-2-4-11-6-3-8-16-13(11)12/h2-6,8,10,15H,7,9H2,1H3,(H,17,18). The van der Waals surface area contributed by atoms with Gasteiger partial charge >= 0.3 is 5.97 Å². The molecule has 1 unspecified atom stereocenters. The van der Waals surface area contributed by atoms with E-state index in [1.807, 2.05) is 30.3 Å². The van der Waals surface area contributed by atoms with E-state index in [0.717, 1.165) is 22.9 Å². The summed E-state index contributed by atoms with van der Waals surface area (Å²) in [5.41, 5.74) is 2.13. The number of aromatic nitrogens is 1. The summed E-state index contributed by atoms with van der Waals surface area (Å²) in [5, 5.41) is 12.9. The SMILES string of the molecule is CC(NCCc1cccc2cccnc12)C(=O)O. The molecule has 0 amide bonds. The predicted molar refractivity (Wildman–Crippen MR) is 70.5 cm³/mol. The number of carboxylic acids is 1. The van der Waals surface area contributed by atoms with Crippen molar-refractivity contribution in [1.29, 1.82) is 0 Å². The van der Waals surface area contributed by atoms with Crippen LogP contribution < -0.4 is 5.32 Å². The van der Waals surface area contributed by atoms with Crippen molar-refractivity contribution >= 4 is 16.9 Å². The molecule has 0 spiro atoms. The number of nitrogens with one attached hydrogen (secondary N) is 1. The van der Waals surface area contributed by atoms with Crippen LogP contribution in [0.3, 0.4) is 0 Å². The first-order valence-electron chi connectivity index (χ1n) is 5.97. The fraction of sp³-hybridized carbons (Fsp3) is 0.286. The van der Waals surface area contributed by atoms with Gasteiger partial charge in [0.05, 0.1) is 5.52 Å². The van der Waals surface area contributed by atoms with E-state index in [9.17, 15) is 4.79 Å². The van der Waals surface area contributed by atoms with Crippen molar-refractivity contribution in [2.45, 2.75) is 19.4 Å². The van der Waals surface area contributed by atoms with Gasteiger partial charge in [0.15, 0.2) is 0 Å². The number of pyridine rings is 1. The number of aliphatic carboxylic acids is 1. The monoisotopic (exact) mass is 244 g/mol. The summed E-state index contributed by atoms with van der Waals surface area (Å²) in [7, 11) is 0. The lowest BCUT2D eigenvalue weighted by molar-refractivity contribution is -0.138. The molecule has 1 aromatic carbocycles. The van der Waals surface area contributed by atoms with Crippen molar-refractivity contribution in [2.75, 3.05) is 6.54 Å². The van der Waals surface area contributed by atoms with E-state index in [-0.39, 0.29) is 0 Å². The molecule has 0 aliphatic heterocycles. The highest BCUT2D eigenvalue weighted by Crippen LogP contribution is 2.15. The number of fused-ring (bicyclic) bond motifs is 1. The maximum absolute atomic E-state index is 10.7. The Labute approximate surface area is 106 Å². The van der Waals surface area contributed by atoms with Crippen molar-refractivity contribution < 1.29 is 9.90 Å². The average Bonchev–Trinajstić information content (AvgIpc) is 2.38. The van der Waals surface area contributed by atoms with Gasteiger partial charge in [-0.05, 0) is 25.0 Å². The zero-order valence-electron chi connectivity index (χ0n) is 10.3. The van der Waals surface area contributed by atoms with Gasteiger partial charge in [-0.25, -0.2) is 0 Å². The Kier molecular flexibility index (Phi) is 3.89. The number of carbonyl (C=O) groups is 1. The van der Waals surface area contributed by atoms with Crippen molar-refractivity contribution in [2.24, 2.45) is 0 Å². The quantitative estimate of drug-likeness (QED) is 0.842. The second-order valence-corrected chi connectivity index (χ2v) is 4.26. The van der Waals surface area contributed by atoms with E-state index in [0.29, 0.717) is 6.54 Å². The summed E-state index contributed by atoms with van der Waals surface area (Å²) in [6.07, 6.45) is 2.55. The van der Waals surface area contributed by atoms with Crippen molar-refractivity contribution in [1.82, 2.24) is 10.3 Å². The number of nitrogens with zero attached hydrogens (tertiary/aromatic N) is 1. The largest absolute Gasteiger partial charge is 0.480 e. The Morgan fingerprint density at radius 3 is 2.94 bits per heavy atom. The molecule has 0 aliphatic rings. The highest BCUT2D eigenvalue weighted by Gasteiger charge is 2.09. The minimum Gasteiger partial charge on any atom is -0.480 e. The van der Waals surface area contributed by atoms with Gasteiger partial charge in [0.2, 0.25) is 0 Å². The van der Waals surface area contributed by atoms with Crippen LogP contribution in [0.25, 0.3) is 10.9 Å². The second-order valence-electron chi connectivity index (χ2n) is 4.26. The number of hydrogen-bond acceptors (Lipinski definition) is 3. The minimum absolute atomic E-state index is 0.520. The van der Waals surface area contributed by atoms with Gasteiger partial charge in [0.25, 0.3) is 0 Å². The number of para-hydroxylation sites is 1. The summed E-state index contributed by atoms with van der Waals surface area (Å²) in [5.74, 6) is -0.828. The molecule has 0 saturated carbocycles. The van der Waals surface area contributed by atoms with Crippen LogP contribution in [0.1, 0.15) is 12.5 Å². The fourth-order valence-corrected chi connectivity index (χ4v) is 1.88. The first kappa shape index (κ1) is 12.5. The molecule has 4 nitrogen and oxygen atoms in total. The van der Waals surface area contributed by atoms with Crippen LogP contribution in [0.15, 0.2) is 36.5 Å². The summed E-state index contributed by atoms with van der Waals surface area (Å²) >= 11 is 0. The molecular formula is C14H16N2O2. The third kappa shape index (κ3) is 2.84. The van der Waals surface area contributed by atoms with Gasteiger partial charge in [-0.3, -0.25) is 9.78 Å². The van der Waals surface area contributed by atoms with Gasteiger partial charge in [-0.1, -0.05) is 24.3 Å².